The first kappa shape index (κ1) is 16.3. The van der Waals surface area contributed by atoms with Gasteiger partial charge in [0, 0.05) is 16.6 Å². The minimum absolute atomic E-state index is 0.623. The van der Waals surface area contributed by atoms with E-state index < -0.39 is 5.60 Å². The van der Waals surface area contributed by atoms with Crippen LogP contribution in [0.2, 0.25) is 0 Å². The van der Waals surface area contributed by atoms with Crippen LogP contribution in [0.25, 0.3) is 11.3 Å². The van der Waals surface area contributed by atoms with E-state index in [4.69, 9.17) is 4.42 Å². The number of rotatable bonds is 6. The maximum atomic E-state index is 9.93. The Labute approximate surface area is 134 Å². The molecule has 2 rings (SSSR count). The van der Waals surface area contributed by atoms with Gasteiger partial charge in [-0.2, -0.15) is 0 Å². The van der Waals surface area contributed by atoms with Gasteiger partial charge >= 0.3 is 0 Å². The zero-order valence-electron chi connectivity index (χ0n) is 12.8. The van der Waals surface area contributed by atoms with E-state index >= 15 is 0 Å². The molecule has 0 saturated heterocycles. The highest BCUT2D eigenvalue weighted by molar-refractivity contribution is 9.10. The number of nitrogens with zero attached hydrogens (tertiary/aromatic N) is 1. The van der Waals surface area contributed by atoms with Gasteiger partial charge in [-0.05, 0) is 44.7 Å². The molecule has 0 amide bonds. The molecule has 0 atom stereocenters. The Morgan fingerprint density at radius 2 is 1.81 bits per heavy atom. The summed E-state index contributed by atoms with van der Waals surface area (Å²) >= 11 is 3.43. The van der Waals surface area contributed by atoms with Crippen LogP contribution in [0.1, 0.15) is 26.5 Å². The van der Waals surface area contributed by atoms with E-state index in [-0.39, 0.29) is 0 Å². The molecular formula is C17H22BrNO2. The summed E-state index contributed by atoms with van der Waals surface area (Å²) in [5, 5.41) is 9.93. The number of aliphatic hydroxyl groups is 1. The minimum atomic E-state index is -0.697. The van der Waals surface area contributed by atoms with Crippen LogP contribution in [0, 0.1) is 0 Å². The molecule has 2 aromatic rings. The fourth-order valence-electron chi connectivity index (χ4n) is 2.28. The molecule has 3 nitrogen and oxygen atoms in total. The maximum absolute atomic E-state index is 9.93. The van der Waals surface area contributed by atoms with Crippen LogP contribution in [-0.2, 0) is 6.54 Å². The molecule has 1 N–H and O–H groups in total. The maximum Gasteiger partial charge on any atom is 0.134 e. The number of hydrogen-bond donors (Lipinski definition) is 1. The molecule has 0 unspecified atom stereocenters. The molecule has 0 aliphatic heterocycles. The summed E-state index contributed by atoms with van der Waals surface area (Å²) in [6.45, 7) is 7.94. The lowest BCUT2D eigenvalue weighted by molar-refractivity contribution is 0.0334. The predicted octanol–water partition coefficient (Wildman–Crippen LogP) is 4.30. The summed E-state index contributed by atoms with van der Waals surface area (Å²) in [6.07, 6.45) is 0. The second-order valence-electron chi connectivity index (χ2n) is 5.89. The van der Waals surface area contributed by atoms with Crippen LogP contribution >= 0.6 is 15.9 Å². The largest absolute Gasteiger partial charge is 0.460 e. The molecule has 0 radical (unpaired) electrons. The fourth-order valence-corrected chi connectivity index (χ4v) is 2.54. The summed E-state index contributed by atoms with van der Waals surface area (Å²) in [4.78, 5) is 2.17. The predicted molar refractivity (Wildman–Crippen MR) is 89.1 cm³/mol. The summed E-state index contributed by atoms with van der Waals surface area (Å²) < 4.78 is 6.97. The third-order valence-electron chi connectivity index (χ3n) is 3.23. The number of likely N-dealkylation sites (N-methyl/N-ethyl adjacent to an activating group) is 1. The zero-order valence-corrected chi connectivity index (χ0v) is 14.4. The van der Waals surface area contributed by atoms with Gasteiger partial charge in [0.05, 0.1) is 12.1 Å². The lowest BCUT2D eigenvalue weighted by Gasteiger charge is -2.27. The highest BCUT2D eigenvalue weighted by Crippen LogP contribution is 2.24. The van der Waals surface area contributed by atoms with Gasteiger partial charge < -0.3 is 9.52 Å². The molecule has 0 aliphatic carbocycles. The van der Waals surface area contributed by atoms with E-state index in [1.165, 1.54) is 0 Å². The molecule has 21 heavy (non-hydrogen) atoms. The van der Waals surface area contributed by atoms with Gasteiger partial charge in [-0.25, -0.2) is 0 Å². The van der Waals surface area contributed by atoms with E-state index in [0.717, 1.165) is 28.1 Å². The Bertz CT molecular complexity index is 569. The van der Waals surface area contributed by atoms with Crippen LogP contribution in [0.4, 0.5) is 0 Å². The van der Waals surface area contributed by atoms with E-state index in [1.54, 1.807) is 0 Å². The van der Waals surface area contributed by atoms with Gasteiger partial charge in [-0.3, -0.25) is 4.90 Å². The van der Waals surface area contributed by atoms with Crippen molar-refractivity contribution < 1.29 is 9.52 Å². The molecule has 1 aromatic carbocycles. The molecule has 114 valence electrons. The smallest absolute Gasteiger partial charge is 0.134 e. The average molecular weight is 352 g/mol. The van der Waals surface area contributed by atoms with E-state index in [1.807, 2.05) is 50.2 Å². The first-order valence-electron chi connectivity index (χ1n) is 7.17. The highest BCUT2D eigenvalue weighted by atomic mass is 79.9. The van der Waals surface area contributed by atoms with Crippen molar-refractivity contribution in [3.8, 4) is 11.3 Å². The normalized spacial score (nSPS) is 12.1. The standard InChI is InChI=1S/C17H22BrNO2/c1-4-19(12-17(2,3)20)11-15-9-10-16(21-15)13-5-7-14(18)8-6-13/h5-10,20H,4,11-12H2,1-3H3. The molecule has 1 heterocycles. The third-order valence-corrected chi connectivity index (χ3v) is 3.76. The van der Waals surface area contributed by atoms with Crippen LogP contribution in [-0.4, -0.2) is 28.7 Å². The van der Waals surface area contributed by atoms with Crippen LogP contribution in [0.15, 0.2) is 45.3 Å². The molecule has 0 aliphatic rings. The zero-order chi connectivity index (χ0) is 15.5. The van der Waals surface area contributed by atoms with E-state index in [2.05, 4.69) is 27.8 Å². The van der Waals surface area contributed by atoms with Crippen molar-refractivity contribution >= 4 is 15.9 Å². The second kappa shape index (κ2) is 6.77. The lowest BCUT2D eigenvalue weighted by atomic mass is 10.1. The Kier molecular flexibility index (Phi) is 5.25. The molecule has 0 spiro atoms. The van der Waals surface area contributed by atoms with Crippen molar-refractivity contribution in [1.29, 1.82) is 0 Å². The Morgan fingerprint density at radius 1 is 1.14 bits per heavy atom. The van der Waals surface area contributed by atoms with Crippen molar-refractivity contribution in [3.63, 3.8) is 0 Å². The van der Waals surface area contributed by atoms with Gasteiger partial charge in [0.2, 0.25) is 0 Å². The molecule has 1 aromatic heterocycles. The van der Waals surface area contributed by atoms with Crippen LogP contribution in [0.3, 0.4) is 0 Å². The van der Waals surface area contributed by atoms with E-state index in [0.29, 0.717) is 13.1 Å². The Hall–Kier alpha value is -1.10. The van der Waals surface area contributed by atoms with Crippen LogP contribution < -0.4 is 0 Å². The average Bonchev–Trinajstić information content (AvgIpc) is 2.85. The van der Waals surface area contributed by atoms with Crippen molar-refractivity contribution in [3.05, 3.63) is 46.6 Å². The SMILES string of the molecule is CCN(Cc1ccc(-c2ccc(Br)cc2)o1)CC(C)(C)O. The summed E-state index contributed by atoms with van der Waals surface area (Å²) in [5.41, 5.74) is 0.368. The molecular weight excluding hydrogens is 330 g/mol. The fraction of sp³-hybridized carbons (Fsp3) is 0.412. The van der Waals surface area contributed by atoms with Gasteiger partial charge in [-0.1, -0.05) is 35.0 Å². The quantitative estimate of drug-likeness (QED) is 0.842. The first-order chi connectivity index (χ1) is 9.87. The third kappa shape index (κ3) is 4.99. The van der Waals surface area contributed by atoms with E-state index in [9.17, 15) is 5.11 Å². The molecule has 0 fully saturated rings. The number of hydrogen-bond acceptors (Lipinski definition) is 3. The van der Waals surface area contributed by atoms with Crippen molar-refractivity contribution in [1.82, 2.24) is 4.90 Å². The number of halogens is 1. The number of furan rings is 1. The van der Waals surface area contributed by atoms with Crippen molar-refractivity contribution in [2.24, 2.45) is 0 Å². The topological polar surface area (TPSA) is 36.6 Å². The van der Waals surface area contributed by atoms with Gasteiger partial charge in [-0.15, -0.1) is 0 Å². The Balaban J connectivity index is 2.07. The second-order valence-corrected chi connectivity index (χ2v) is 6.80. The minimum Gasteiger partial charge on any atom is -0.460 e. The summed E-state index contributed by atoms with van der Waals surface area (Å²) in [7, 11) is 0. The van der Waals surface area contributed by atoms with Gasteiger partial charge in [0.25, 0.3) is 0 Å². The van der Waals surface area contributed by atoms with Crippen LogP contribution in [0.5, 0.6) is 0 Å². The van der Waals surface area contributed by atoms with Gasteiger partial charge in [0.1, 0.15) is 11.5 Å². The molecule has 0 saturated carbocycles. The summed E-state index contributed by atoms with van der Waals surface area (Å²) in [5.74, 6) is 1.79. The molecule has 0 bridgehead atoms. The first-order valence-corrected chi connectivity index (χ1v) is 7.96. The lowest BCUT2D eigenvalue weighted by Crippen LogP contribution is -2.38. The summed E-state index contributed by atoms with van der Waals surface area (Å²) in [6, 6.07) is 12.1. The Morgan fingerprint density at radius 3 is 2.38 bits per heavy atom. The van der Waals surface area contributed by atoms with Crippen molar-refractivity contribution in [2.45, 2.75) is 32.9 Å². The van der Waals surface area contributed by atoms with Crippen molar-refractivity contribution in [2.75, 3.05) is 13.1 Å². The highest BCUT2D eigenvalue weighted by Gasteiger charge is 2.18. The van der Waals surface area contributed by atoms with Gasteiger partial charge in [0.15, 0.2) is 0 Å². The monoisotopic (exact) mass is 351 g/mol. The molecule has 4 heteroatoms. The number of benzene rings is 1.